The summed E-state index contributed by atoms with van der Waals surface area (Å²) in [6, 6.07) is 1.17. The molecule has 0 fully saturated rings. The SMILES string of the molecule is CCC(NS(=O)(=O)c1cc[nH]c1)c1ncc[nH]1. The molecule has 1 atom stereocenters. The molecule has 0 radical (unpaired) electrons. The lowest BCUT2D eigenvalue weighted by molar-refractivity contribution is 0.539. The summed E-state index contributed by atoms with van der Waals surface area (Å²) in [7, 11) is -3.50. The fourth-order valence-corrected chi connectivity index (χ4v) is 2.79. The van der Waals surface area contributed by atoms with Gasteiger partial charge in [0.1, 0.15) is 5.82 Å². The van der Waals surface area contributed by atoms with E-state index < -0.39 is 10.0 Å². The predicted octanol–water partition coefficient (Wildman–Crippen LogP) is 1.17. The molecule has 0 aliphatic heterocycles. The Balaban J connectivity index is 2.20. The standard InChI is InChI=1S/C10H14N4O2S/c1-2-9(10-12-5-6-13-10)14-17(15,16)8-3-4-11-7-8/h3-7,9,11,14H,2H2,1H3,(H,12,13). The number of imidazole rings is 1. The Morgan fingerprint density at radius 3 is 2.82 bits per heavy atom. The van der Waals surface area contributed by atoms with Crippen molar-refractivity contribution in [3.8, 4) is 0 Å². The summed E-state index contributed by atoms with van der Waals surface area (Å²) in [5.41, 5.74) is 0. The summed E-state index contributed by atoms with van der Waals surface area (Å²) in [4.78, 5) is 9.92. The second-order valence-electron chi connectivity index (χ2n) is 3.60. The molecule has 3 N–H and O–H groups in total. The van der Waals surface area contributed by atoms with Gasteiger partial charge in [-0.2, -0.15) is 0 Å². The largest absolute Gasteiger partial charge is 0.366 e. The first-order valence-corrected chi connectivity index (χ1v) is 6.76. The molecule has 0 aliphatic rings. The summed E-state index contributed by atoms with van der Waals surface area (Å²) in [5, 5.41) is 0. The maximum atomic E-state index is 12.0. The van der Waals surface area contributed by atoms with E-state index in [-0.39, 0.29) is 10.9 Å². The molecule has 2 rings (SSSR count). The van der Waals surface area contributed by atoms with Crippen LogP contribution in [0, 0.1) is 0 Å². The molecule has 0 aliphatic carbocycles. The second kappa shape index (κ2) is 4.72. The third-order valence-electron chi connectivity index (χ3n) is 2.43. The molecule has 92 valence electrons. The summed E-state index contributed by atoms with van der Waals surface area (Å²) < 4.78 is 26.6. The van der Waals surface area contributed by atoms with Crippen molar-refractivity contribution in [2.24, 2.45) is 0 Å². The molecule has 0 amide bonds. The smallest absolute Gasteiger partial charge is 0.242 e. The molecule has 0 aromatic carbocycles. The molecule has 1 unspecified atom stereocenters. The van der Waals surface area contributed by atoms with Crippen LogP contribution in [0.2, 0.25) is 0 Å². The van der Waals surface area contributed by atoms with Crippen molar-refractivity contribution in [1.29, 1.82) is 0 Å². The van der Waals surface area contributed by atoms with Crippen molar-refractivity contribution in [2.75, 3.05) is 0 Å². The highest BCUT2D eigenvalue weighted by Crippen LogP contribution is 2.16. The summed E-state index contributed by atoms with van der Waals surface area (Å²) in [6.45, 7) is 1.90. The monoisotopic (exact) mass is 254 g/mol. The molecule has 2 heterocycles. The third-order valence-corrected chi connectivity index (χ3v) is 3.90. The fraction of sp³-hybridized carbons (Fsp3) is 0.300. The summed E-state index contributed by atoms with van der Waals surface area (Å²) >= 11 is 0. The molecule has 0 saturated carbocycles. The Morgan fingerprint density at radius 1 is 1.47 bits per heavy atom. The highest BCUT2D eigenvalue weighted by Gasteiger charge is 2.21. The Bertz CT molecular complexity index is 545. The molecule has 6 nitrogen and oxygen atoms in total. The fourth-order valence-electron chi connectivity index (χ4n) is 1.53. The molecule has 0 saturated heterocycles. The van der Waals surface area contributed by atoms with Gasteiger partial charge in [0.15, 0.2) is 0 Å². The van der Waals surface area contributed by atoms with Crippen LogP contribution in [0.4, 0.5) is 0 Å². The molecule has 17 heavy (non-hydrogen) atoms. The maximum absolute atomic E-state index is 12.0. The van der Waals surface area contributed by atoms with E-state index in [2.05, 4.69) is 19.7 Å². The van der Waals surface area contributed by atoms with Crippen LogP contribution in [-0.4, -0.2) is 23.4 Å². The number of nitrogens with one attached hydrogen (secondary N) is 3. The predicted molar refractivity (Wildman–Crippen MR) is 62.7 cm³/mol. The van der Waals surface area contributed by atoms with Crippen LogP contribution in [-0.2, 0) is 10.0 Å². The van der Waals surface area contributed by atoms with E-state index in [9.17, 15) is 8.42 Å². The second-order valence-corrected chi connectivity index (χ2v) is 5.32. The minimum atomic E-state index is -3.50. The number of sulfonamides is 1. The lowest BCUT2D eigenvalue weighted by Gasteiger charge is -2.14. The zero-order valence-electron chi connectivity index (χ0n) is 9.34. The maximum Gasteiger partial charge on any atom is 0.242 e. The van der Waals surface area contributed by atoms with Crippen molar-refractivity contribution >= 4 is 10.0 Å². The van der Waals surface area contributed by atoms with Gasteiger partial charge < -0.3 is 9.97 Å². The van der Waals surface area contributed by atoms with E-state index in [4.69, 9.17) is 0 Å². The molecule has 2 aromatic heterocycles. The van der Waals surface area contributed by atoms with Gasteiger partial charge in [-0.3, -0.25) is 0 Å². The number of aromatic amines is 2. The Hall–Kier alpha value is -1.60. The van der Waals surface area contributed by atoms with E-state index in [0.29, 0.717) is 12.2 Å². The van der Waals surface area contributed by atoms with Crippen LogP contribution < -0.4 is 4.72 Å². The first kappa shape index (κ1) is 11.9. The molecule has 2 aromatic rings. The average Bonchev–Trinajstić information content (AvgIpc) is 2.97. The van der Waals surface area contributed by atoms with E-state index in [1.165, 1.54) is 12.3 Å². The van der Waals surface area contributed by atoms with Gasteiger partial charge in [0.2, 0.25) is 10.0 Å². The zero-order valence-corrected chi connectivity index (χ0v) is 10.2. The molecule has 0 bridgehead atoms. The first-order valence-electron chi connectivity index (χ1n) is 5.28. The van der Waals surface area contributed by atoms with E-state index in [1.54, 1.807) is 18.6 Å². The van der Waals surface area contributed by atoms with Gasteiger partial charge in [-0.05, 0) is 12.5 Å². The van der Waals surface area contributed by atoms with Gasteiger partial charge in [-0.25, -0.2) is 18.1 Å². The Kier molecular flexibility index (Phi) is 3.30. The number of hydrogen-bond donors (Lipinski definition) is 3. The van der Waals surface area contributed by atoms with Crippen molar-refractivity contribution in [3.63, 3.8) is 0 Å². The lowest BCUT2D eigenvalue weighted by atomic mass is 10.2. The van der Waals surface area contributed by atoms with Crippen molar-refractivity contribution in [3.05, 3.63) is 36.7 Å². The van der Waals surface area contributed by atoms with E-state index >= 15 is 0 Å². The summed E-state index contributed by atoms with van der Waals surface area (Å²) in [5.74, 6) is 0.617. The minimum Gasteiger partial charge on any atom is -0.366 e. The lowest BCUT2D eigenvalue weighted by Crippen LogP contribution is -2.28. The molecule has 7 heteroatoms. The molecule has 0 spiro atoms. The minimum absolute atomic E-state index is 0.225. The summed E-state index contributed by atoms with van der Waals surface area (Å²) in [6.07, 6.45) is 6.90. The van der Waals surface area contributed by atoms with Crippen LogP contribution in [0.25, 0.3) is 0 Å². The van der Waals surface area contributed by atoms with Crippen LogP contribution in [0.15, 0.2) is 35.7 Å². The highest BCUT2D eigenvalue weighted by molar-refractivity contribution is 7.89. The van der Waals surface area contributed by atoms with Gasteiger partial charge in [0.05, 0.1) is 10.9 Å². The first-order chi connectivity index (χ1) is 8.13. The Labute approximate surface area is 99.5 Å². The van der Waals surface area contributed by atoms with E-state index in [1.807, 2.05) is 6.92 Å². The third kappa shape index (κ3) is 2.56. The van der Waals surface area contributed by atoms with Crippen molar-refractivity contribution < 1.29 is 8.42 Å². The molecular formula is C10H14N4O2S. The highest BCUT2D eigenvalue weighted by atomic mass is 32.2. The number of hydrogen-bond acceptors (Lipinski definition) is 3. The topological polar surface area (TPSA) is 90.6 Å². The van der Waals surface area contributed by atoms with Gasteiger partial charge >= 0.3 is 0 Å². The van der Waals surface area contributed by atoms with Gasteiger partial charge in [0, 0.05) is 24.8 Å². The van der Waals surface area contributed by atoms with E-state index in [0.717, 1.165) is 0 Å². The van der Waals surface area contributed by atoms with Crippen LogP contribution >= 0.6 is 0 Å². The quantitative estimate of drug-likeness (QED) is 0.748. The Morgan fingerprint density at radius 2 is 2.29 bits per heavy atom. The number of nitrogens with zero attached hydrogens (tertiary/aromatic N) is 1. The zero-order chi connectivity index (χ0) is 12.3. The molecular weight excluding hydrogens is 240 g/mol. The number of rotatable bonds is 5. The number of H-pyrrole nitrogens is 2. The van der Waals surface area contributed by atoms with Crippen LogP contribution in [0.5, 0.6) is 0 Å². The van der Waals surface area contributed by atoms with Crippen molar-refractivity contribution in [1.82, 2.24) is 19.7 Å². The van der Waals surface area contributed by atoms with Gasteiger partial charge in [-0.15, -0.1) is 0 Å². The average molecular weight is 254 g/mol. The number of aromatic nitrogens is 3. The normalized spacial score (nSPS) is 13.7. The van der Waals surface area contributed by atoms with Crippen LogP contribution in [0.3, 0.4) is 0 Å². The van der Waals surface area contributed by atoms with Gasteiger partial charge in [-0.1, -0.05) is 6.92 Å². The van der Waals surface area contributed by atoms with Gasteiger partial charge in [0.25, 0.3) is 0 Å². The van der Waals surface area contributed by atoms with Crippen LogP contribution in [0.1, 0.15) is 25.2 Å². The van der Waals surface area contributed by atoms with Crippen molar-refractivity contribution in [2.45, 2.75) is 24.3 Å².